The fourth-order valence-corrected chi connectivity index (χ4v) is 5.23. The van der Waals surface area contributed by atoms with Gasteiger partial charge in [-0.1, -0.05) is 6.07 Å². The highest BCUT2D eigenvalue weighted by Crippen LogP contribution is 2.33. The molecule has 5 rings (SSSR count). The number of likely N-dealkylation sites (N-methyl/N-ethyl adjacent to an activating group) is 1. The number of urea groups is 1. The lowest BCUT2D eigenvalue weighted by atomic mass is 10.0. The van der Waals surface area contributed by atoms with E-state index in [4.69, 9.17) is 4.74 Å². The SMILES string of the molecule is Cc1ccc(NC(=O)Nc2ccc(Oc3cc(N4CCC(N5CCN(C)CC5)CC4)ncn3)cc2)cc1C(F)(F)F. The average molecular weight is 570 g/mol. The van der Waals surface area contributed by atoms with Crippen LogP contribution < -0.4 is 20.3 Å². The third-order valence-electron chi connectivity index (χ3n) is 7.61. The lowest BCUT2D eigenvalue weighted by Gasteiger charge is -2.42. The number of piperazine rings is 1. The molecule has 2 aliphatic heterocycles. The van der Waals surface area contributed by atoms with Crippen LogP contribution in [0, 0.1) is 6.92 Å². The quantitative estimate of drug-likeness (QED) is 0.408. The first-order valence-corrected chi connectivity index (χ1v) is 13.7. The van der Waals surface area contributed by atoms with E-state index in [1.54, 1.807) is 24.3 Å². The van der Waals surface area contributed by atoms with Crippen molar-refractivity contribution >= 4 is 23.2 Å². The third-order valence-corrected chi connectivity index (χ3v) is 7.61. The van der Waals surface area contributed by atoms with Gasteiger partial charge in [0.2, 0.25) is 5.88 Å². The summed E-state index contributed by atoms with van der Waals surface area (Å²) in [5.41, 5.74) is -0.214. The number of anilines is 3. The number of hydrogen-bond donors (Lipinski definition) is 2. The Hall–Kier alpha value is -3.90. The van der Waals surface area contributed by atoms with Crippen LogP contribution in [0.15, 0.2) is 54.9 Å². The molecule has 9 nitrogen and oxygen atoms in total. The maximum absolute atomic E-state index is 13.2. The van der Waals surface area contributed by atoms with Crippen molar-refractivity contribution in [3.63, 3.8) is 0 Å². The zero-order valence-corrected chi connectivity index (χ0v) is 23.1. The summed E-state index contributed by atoms with van der Waals surface area (Å²) < 4.78 is 45.4. The molecule has 0 unspecified atom stereocenters. The maximum atomic E-state index is 13.2. The number of ether oxygens (including phenoxy) is 1. The first-order chi connectivity index (χ1) is 19.6. The summed E-state index contributed by atoms with van der Waals surface area (Å²) in [6, 6.07) is 12.1. The number of aryl methyl sites for hydroxylation is 1. The summed E-state index contributed by atoms with van der Waals surface area (Å²) >= 11 is 0. The van der Waals surface area contributed by atoms with Gasteiger partial charge < -0.3 is 25.2 Å². The molecule has 0 spiro atoms. The summed E-state index contributed by atoms with van der Waals surface area (Å²) in [6.07, 6.45) is -0.814. The molecule has 0 saturated carbocycles. The number of carbonyl (C=O) groups is 1. The summed E-state index contributed by atoms with van der Waals surface area (Å²) in [5.74, 6) is 1.75. The zero-order chi connectivity index (χ0) is 29.0. The number of rotatable bonds is 6. The van der Waals surface area contributed by atoms with E-state index < -0.39 is 17.8 Å². The molecule has 2 aliphatic rings. The number of benzene rings is 2. The van der Waals surface area contributed by atoms with Gasteiger partial charge in [0.05, 0.1) is 5.56 Å². The highest BCUT2D eigenvalue weighted by molar-refractivity contribution is 5.99. The molecule has 3 heterocycles. The van der Waals surface area contributed by atoms with E-state index in [2.05, 4.69) is 42.3 Å². The summed E-state index contributed by atoms with van der Waals surface area (Å²) in [6.45, 7) is 7.72. The molecular weight excluding hydrogens is 535 g/mol. The number of aromatic nitrogens is 2. The molecule has 0 radical (unpaired) electrons. The van der Waals surface area contributed by atoms with E-state index in [1.165, 1.54) is 25.4 Å². The van der Waals surface area contributed by atoms with E-state index in [0.29, 0.717) is 23.4 Å². The summed E-state index contributed by atoms with van der Waals surface area (Å²) in [4.78, 5) is 28.3. The van der Waals surface area contributed by atoms with Gasteiger partial charge in [-0.15, -0.1) is 0 Å². The Kier molecular flexibility index (Phi) is 8.60. The van der Waals surface area contributed by atoms with E-state index in [-0.39, 0.29) is 11.3 Å². The van der Waals surface area contributed by atoms with Crippen LogP contribution >= 0.6 is 0 Å². The molecular formula is C29H34F3N7O2. The van der Waals surface area contributed by atoms with E-state index >= 15 is 0 Å². The number of piperidine rings is 1. The first-order valence-electron chi connectivity index (χ1n) is 13.7. The van der Waals surface area contributed by atoms with Crippen molar-refractivity contribution in [1.82, 2.24) is 19.8 Å². The van der Waals surface area contributed by atoms with Gasteiger partial charge >= 0.3 is 12.2 Å². The molecule has 41 heavy (non-hydrogen) atoms. The highest BCUT2D eigenvalue weighted by atomic mass is 19.4. The average Bonchev–Trinajstić information content (AvgIpc) is 2.95. The normalized spacial score (nSPS) is 17.3. The van der Waals surface area contributed by atoms with Crippen molar-refractivity contribution in [2.24, 2.45) is 0 Å². The molecule has 2 saturated heterocycles. The molecule has 0 bridgehead atoms. The largest absolute Gasteiger partial charge is 0.439 e. The number of halogens is 3. The number of carbonyl (C=O) groups excluding carboxylic acids is 1. The minimum Gasteiger partial charge on any atom is -0.439 e. The Balaban J connectivity index is 1.13. The second-order valence-electron chi connectivity index (χ2n) is 10.5. The Bertz CT molecular complexity index is 1340. The minimum absolute atomic E-state index is 0.0449. The van der Waals surface area contributed by atoms with Gasteiger partial charge in [0, 0.05) is 62.8 Å². The number of alkyl halides is 3. The van der Waals surface area contributed by atoms with Gasteiger partial charge in [0.1, 0.15) is 17.9 Å². The first kappa shape index (κ1) is 28.6. The fourth-order valence-electron chi connectivity index (χ4n) is 5.23. The van der Waals surface area contributed by atoms with E-state index in [0.717, 1.165) is 64.0 Å². The molecule has 2 N–H and O–H groups in total. The summed E-state index contributed by atoms with van der Waals surface area (Å²) in [5, 5.41) is 5.05. The number of nitrogens with zero attached hydrogens (tertiary/aromatic N) is 5. The predicted octanol–water partition coefficient (Wildman–Crippen LogP) is 5.46. The fraction of sp³-hybridized carbons (Fsp3) is 0.414. The van der Waals surface area contributed by atoms with Crippen LogP contribution in [0.1, 0.15) is 24.0 Å². The third kappa shape index (κ3) is 7.44. The molecule has 218 valence electrons. The standard InChI is InChI=1S/C29H34F3N7O2/c1-20-3-4-22(17-25(20)29(30,31)32)36-28(40)35-21-5-7-24(8-6-21)41-27-18-26(33-19-34-27)39-11-9-23(10-12-39)38-15-13-37(2)14-16-38/h3-8,17-19,23H,9-16H2,1-2H3,(H2,35,36,40). The van der Waals surface area contributed by atoms with Crippen molar-refractivity contribution in [3.8, 4) is 11.6 Å². The van der Waals surface area contributed by atoms with Crippen molar-refractivity contribution in [2.75, 3.05) is 61.8 Å². The van der Waals surface area contributed by atoms with Crippen LogP contribution in [0.4, 0.5) is 35.2 Å². The molecule has 0 atom stereocenters. The second-order valence-corrected chi connectivity index (χ2v) is 10.5. The van der Waals surface area contributed by atoms with Crippen molar-refractivity contribution in [3.05, 3.63) is 66.0 Å². The van der Waals surface area contributed by atoms with Crippen LogP contribution in [0.2, 0.25) is 0 Å². The molecule has 2 aromatic carbocycles. The Morgan fingerprint density at radius 1 is 0.902 bits per heavy atom. The monoisotopic (exact) mass is 569 g/mol. The molecule has 0 aliphatic carbocycles. The topological polar surface area (TPSA) is 85.9 Å². The summed E-state index contributed by atoms with van der Waals surface area (Å²) in [7, 11) is 2.17. The van der Waals surface area contributed by atoms with Gasteiger partial charge in [0.15, 0.2) is 0 Å². The second kappa shape index (κ2) is 12.3. The lowest BCUT2D eigenvalue weighted by molar-refractivity contribution is -0.138. The Morgan fingerprint density at radius 2 is 1.56 bits per heavy atom. The molecule has 2 amide bonds. The van der Waals surface area contributed by atoms with Crippen molar-refractivity contribution in [1.29, 1.82) is 0 Å². The smallest absolute Gasteiger partial charge is 0.416 e. The molecule has 2 fully saturated rings. The molecule has 1 aromatic heterocycles. The molecule has 12 heteroatoms. The van der Waals surface area contributed by atoms with Gasteiger partial charge in [-0.3, -0.25) is 4.90 Å². The van der Waals surface area contributed by atoms with Crippen molar-refractivity contribution in [2.45, 2.75) is 32.0 Å². The number of nitrogens with one attached hydrogen (secondary N) is 2. The number of amides is 2. The zero-order valence-electron chi connectivity index (χ0n) is 23.1. The van der Waals surface area contributed by atoms with Crippen LogP contribution in [-0.4, -0.2) is 78.2 Å². The Labute approximate surface area is 237 Å². The van der Waals surface area contributed by atoms with Gasteiger partial charge in [-0.05, 0) is 68.8 Å². The van der Waals surface area contributed by atoms with Gasteiger partial charge in [0.25, 0.3) is 0 Å². The van der Waals surface area contributed by atoms with Gasteiger partial charge in [-0.25, -0.2) is 14.8 Å². The van der Waals surface area contributed by atoms with Crippen LogP contribution in [0.5, 0.6) is 11.6 Å². The van der Waals surface area contributed by atoms with E-state index in [9.17, 15) is 18.0 Å². The van der Waals surface area contributed by atoms with Crippen molar-refractivity contribution < 1.29 is 22.7 Å². The molecule has 3 aromatic rings. The van der Waals surface area contributed by atoms with Gasteiger partial charge in [-0.2, -0.15) is 13.2 Å². The number of hydrogen-bond acceptors (Lipinski definition) is 7. The Morgan fingerprint density at radius 3 is 2.24 bits per heavy atom. The minimum atomic E-state index is -4.50. The van der Waals surface area contributed by atoms with Crippen LogP contribution in [0.25, 0.3) is 0 Å². The maximum Gasteiger partial charge on any atom is 0.416 e. The lowest BCUT2D eigenvalue weighted by Crippen LogP contribution is -2.52. The predicted molar refractivity (Wildman–Crippen MR) is 152 cm³/mol. The van der Waals surface area contributed by atoms with Crippen LogP contribution in [-0.2, 0) is 6.18 Å². The van der Waals surface area contributed by atoms with E-state index in [1.807, 2.05) is 6.07 Å². The van der Waals surface area contributed by atoms with Crippen LogP contribution in [0.3, 0.4) is 0 Å². The highest BCUT2D eigenvalue weighted by Gasteiger charge is 2.32.